The lowest BCUT2D eigenvalue weighted by atomic mass is 10.1. The van der Waals surface area contributed by atoms with Crippen LogP contribution in [0.3, 0.4) is 0 Å². The Balaban J connectivity index is 1.13. The van der Waals surface area contributed by atoms with Crippen molar-refractivity contribution >= 4 is 51.6 Å². The lowest BCUT2D eigenvalue weighted by Gasteiger charge is -2.20. The van der Waals surface area contributed by atoms with Gasteiger partial charge in [0.15, 0.2) is 23.0 Å². The molecule has 1 amide bonds. The highest BCUT2D eigenvalue weighted by molar-refractivity contribution is 6.36. The summed E-state index contributed by atoms with van der Waals surface area (Å²) in [7, 11) is 5.32. The fraction of sp³-hybridized carbons (Fsp3) is 0.387. The van der Waals surface area contributed by atoms with Crippen molar-refractivity contribution in [3.63, 3.8) is 0 Å². The summed E-state index contributed by atoms with van der Waals surface area (Å²) >= 11 is 6.78. The molecule has 1 saturated carbocycles. The molecular formula is C31H31ClF3N9O3. The van der Waals surface area contributed by atoms with Gasteiger partial charge < -0.3 is 24.3 Å². The van der Waals surface area contributed by atoms with Crippen molar-refractivity contribution in [1.29, 1.82) is 0 Å². The molecule has 5 heterocycles. The zero-order valence-corrected chi connectivity index (χ0v) is 26.5. The second-order valence-corrected chi connectivity index (χ2v) is 12.3. The van der Waals surface area contributed by atoms with Crippen molar-refractivity contribution in [2.24, 2.45) is 13.0 Å². The van der Waals surface area contributed by atoms with E-state index in [2.05, 4.69) is 30.3 Å². The lowest BCUT2D eigenvalue weighted by Crippen LogP contribution is -2.30. The molecule has 16 heteroatoms. The Morgan fingerprint density at radius 3 is 2.64 bits per heavy atom. The molecule has 5 aromatic rings. The third kappa shape index (κ3) is 6.12. The van der Waals surface area contributed by atoms with Gasteiger partial charge in [-0.2, -0.15) is 23.3 Å². The normalized spacial score (nSPS) is 17.0. The van der Waals surface area contributed by atoms with Crippen LogP contribution in [0.4, 0.5) is 30.6 Å². The summed E-state index contributed by atoms with van der Waals surface area (Å²) in [5.41, 5.74) is 0.486. The van der Waals surface area contributed by atoms with E-state index >= 15 is 0 Å². The first-order valence-electron chi connectivity index (χ1n) is 15.1. The second kappa shape index (κ2) is 11.9. The number of amides is 1. The van der Waals surface area contributed by atoms with Gasteiger partial charge in [0.05, 0.1) is 30.4 Å². The van der Waals surface area contributed by atoms with Crippen LogP contribution in [0.15, 0.2) is 43.0 Å². The molecule has 1 N–H and O–H groups in total. The number of rotatable bonds is 9. The molecule has 2 fully saturated rings. The number of ether oxygens (including phenoxy) is 2. The Kier molecular flexibility index (Phi) is 7.83. The lowest BCUT2D eigenvalue weighted by molar-refractivity contribution is -0.137. The van der Waals surface area contributed by atoms with Gasteiger partial charge in [0.1, 0.15) is 28.4 Å². The van der Waals surface area contributed by atoms with Gasteiger partial charge in [-0.3, -0.25) is 9.69 Å². The minimum atomic E-state index is -4.58. The number of likely N-dealkylation sites (N-methyl/N-ethyl adjacent to an activating group) is 1. The molecule has 0 radical (unpaired) electrons. The van der Waals surface area contributed by atoms with Crippen LogP contribution in [0.2, 0.25) is 5.02 Å². The zero-order chi connectivity index (χ0) is 33.0. The maximum absolute atomic E-state index is 13.8. The highest BCUT2D eigenvalue weighted by Gasteiger charge is 2.34. The van der Waals surface area contributed by atoms with Gasteiger partial charge in [-0.25, -0.2) is 14.5 Å². The summed E-state index contributed by atoms with van der Waals surface area (Å²) in [6, 6.07) is 3.66. The second-order valence-electron chi connectivity index (χ2n) is 11.9. The molecule has 2 aliphatic rings. The van der Waals surface area contributed by atoms with E-state index in [1.165, 1.54) is 23.4 Å². The van der Waals surface area contributed by atoms with E-state index in [4.69, 9.17) is 21.1 Å². The molecule has 4 aromatic heterocycles. The number of carbonyl (C=O) groups excluding carboxylic acids is 1. The van der Waals surface area contributed by atoms with Gasteiger partial charge in [0.25, 0.3) is 0 Å². The smallest absolute Gasteiger partial charge is 0.416 e. The molecule has 1 aliphatic carbocycles. The Morgan fingerprint density at radius 1 is 1.11 bits per heavy atom. The topological polar surface area (TPSA) is 115 Å². The van der Waals surface area contributed by atoms with Crippen molar-refractivity contribution < 1.29 is 27.4 Å². The number of alkyl halides is 3. The van der Waals surface area contributed by atoms with Crippen LogP contribution < -0.4 is 19.7 Å². The number of aryl methyl sites for hydroxylation is 1. The first-order chi connectivity index (χ1) is 22.5. The van der Waals surface area contributed by atoms with Gasteiger partial charge in [0.2, 0.25) is 11.9 Å². The van der Waals surface area contributed by atoms with Crippen molar-refractivity contribution in [3.8, 4) is 17.2 Å². The van der Waals surface area contributed by atoms with Gasteiger partial charge >= 0.3 is 6.18 Å². The third-order valence-corrected chi connectivity index (χ3v) is 8.95. The number of nitrogens with zero attached hydrogens (tertiary/aromatic N) is 8. The number of anilines is 3. The predicted molar refractivity (Wildman–Crippen MR) is 169 cm³/mol. The van der Waals surface area contributed by atoms with E-state index in [9.17, 15) is 18.0 Å². The largest absolute Gasteiger partial charge is 0.492 e. The molecule has 47 heavy (non-hydrogen) atoms. The van der Waals surface area contributed by atoms with E-state index in [-0.39, 0.29) is 58.3 Å². The summed E-state index contributed by atoms with van der Waals surface area (Å²) in [6.07, 6.45) is 5.24. The van der Waals surface area contributed by atoms with E-state index in [0.717, 1.165) is 44.4 Å². The van der Waals surface area contributed by atoms with Crippen LogP contribution >= 0.6 is 11.6 Å². The number of pyridine rings is 1. The minimum absolute atomic E-state index is 0.0193. The maximum Gasteiger partial charge on any atom is 0.416 e. The quantitative estimate of drug-likeness (QED) is 0.200. The molecule has 7 rings (SSSR count). The van der Waals surface area contributed by atoms with Crippen LogP contribution in [-0.2, 0) is 18.0 Å². The van der Waals surface area contributed by atoms with Gasteiger partial charge in [-0.1, -0.05) is 11.6 Å². The number of hydrogen-bond donors (Lipinski definition) is 1. The van der Waals surface area contributed by atoms with Crippen LogP contribution in [0.1, 0.15) is 31.2 Å². The monoisotopic (exact) mass is 669 g/mol. The van der Waals surface area contributed by atoms with E-state index < -0.39 is 11.7 Å². The Labute approximate surface area is 272 Å². The molecule has 246 valence electrons. The number of benzene rings is 1. The maximum atomic E-state index is 13.8. The summed E-state index contributed by atoms with van der Waals surface area (Å²) in [4.78, 5) is 29.4. The molecule has 0 spiro atoms. The number of aromatic nitrogens is 6. The standard InChI is InChI=1S/C31H31ClF3N9O3/c1-41-8-4-5-20(41)16-46-21-10-18(31(33,34)35)9-19(11-21)39-30-40-28-27(43(30)3)26(32)24(13-37-28)47-23-14-38-44-15-25(36-12-22(23)44)42(2)29(45)17-6-7-17/h9-15,17,20H,4-8,16H2,1-3H3,(H,37,39,40)/t20-/m1/s1. The SMILES string of the molecule is CN(C(=O)C1CC1)c1cn2ncc(Oc3cnc4nc(Nc5cc(OC[C@H]6CCCN6C)cc(C(F)(F)F)c5)n(C)c4c3Cl)c2cn1. The van der Waals surface area contributed by atoms with Crippen LogP contribution in [0.25, 0.3) is 16.7 Å². The number of nitrogens with one attached hydrogen (secondary N) is 1. The van der Waals surface area contributed by atoms with E-state index in [0.29, 0.717) is 22.6 Å². The van der Waals surface area contributed by atoms with Crippen molar-refractivity contribution in [2.45, 2.75) is 37.9 Å². The summed E-state index contributed by atoms with van der Waals surface area (Å²) in [5.74, 6) is 1.40. The Morgan fingerprint density at radius 2 is 1.91 bits per heavy atom. The molecule has 1 atom stereocenters. The summed E-state index contributed by atoms with van der Waals surface area (Å²) in [6.45, 7) is 1.21. The van der Waals surface area contributed by atoms with Gasteiger partial charge in [-0.05, 0) is 51.4 Å². The van der Waals surface area contributed by atoms with E-state index in [1.807, 2.05) is 7.05 Å². The molecule has 1 aromatic carbocycles. The van der Waals surface area contributed by atoms with Crippen molar-refractivity contribution in [1.82, 2.24) is 34.0 Å². The first-order valence-corrected chi connectivity index (χ1v) is 15.5. The highest BCUT2D eigenvalue weighted by Crippen LogP contribution is 2.39. The van der Waals surface area contributed by atoms with Crippen molar-refractivity contribution in [3.05, 3.63) is 53.6 Å². The molecule has 1 saturated heterocycles. The zero-order valence-electron chi connectivity index (χ0n) is 25.8. The molecule has 12 nitrogen and oxygen atoms in total. The summed E-state index contributed by atoms with van der Waals surface area (Å²) < 4.78 is 56.5. The fourth-order valence-electron chi connectivity index (χ4n) is 5.66. The number of likely N-dealkylation sites (tertiary alicyclic amines) is 1. The van der Waals surface area contributed by atoms with Crippen LogP contribution in [0.5, 0.6) is 17.2 Å². The molecule has 0 bridgehead atoms. The highest BCUT2D eigenvalue weighted by atomic mass is 35.5. The number of hydrogen-bond acceptors (Lipinski definition) is 9. The number of imidazole rings is 1. The number of halogens is 4. The molecule has 0 unspecified atom stereocenters. The fourth-order valence-corrected chi connectivity index (χ4v) is 5.96. The van der Waals surface area contributed by atoms with Crippen molar-refractivity contribution in [2.75, 3.05) is 37.5 Å². The number of fused-ring (bicyclic) bond motifs is 2. The average Bonchev–Trinajstić information content (AvgIpc) is 3.58. The molecule has 1 aliphatic heterocycles. The third-order valence-electron chi connectivity index (χ3n) is 8.59. The predicted octanol–water partition coefficient (Wildman–Crippen LogP) is 6.06. The molecular weight excluding hydrogens is 639 g/mol. The Bertz CT molecular complexity index is 1990. The van der Waals surface area contributed by atoms with Crippen LogP contribution in [-0.4, -0.2) is 73.2 Å². The Hall–Kier alpha value is -4.63. The number of carbonyl (C=O) groups is 1. The summed E-state index contributed by atoms with van der Waals surface area (Å²) in [5, 5.41) is 7.50. The van der Waals surface area contributed by atoms with Crippen LogP contribution in [0, 0.1) is 5.92 Å². The van der Waals surface area contributed by atoms with Gasteiger partial charge in [-0.15, -0.1) is 0 Å². The first kappa shape index (κ1) is 31.0. The van der Waals surface area contributed by atoms with Gasteiger partial charge in [0, 0.05) is 37.8 Å². The average molecular weight is 670 g/mol. The minimum Gasteiger partial charge on any atom is -0.492 e. The van der Waals surface area contributed by atoms with E-state index in [1.54, 1.807) is 35.6 Å².